The van der Waals surface area contributed by atoms with Gasteiger partial charge in [0.25, 0.3) is 10.0 Å². The zero-order valence-electron chi connectivity index (χ0n) is 11.6. The van der Waals surface area contributed by atoms with E-state index in [1.807, 2.05) is 6.07 Å². The number of thiazole rings is 1. The van der Waals surface area contributed by atoms with Gasteiger partial charge in [0.15, 0.2) is 5.13 Å². The van der Waals surface area contributed by atoms with E-state index < -0.39 is 10.0 Å². The van der Waals surface area contributed by atoms with Crippen LogP contribution < -0.4 is 10.0 Å². The third-order valence-corrected chi connectivity index (χ3v) is 5.79. The lowest BCUT2D eigenvalue weighted by molar-refractivity contribution is 0.587. The van der Waals surface area contributed by atoms with Crippen LogP contribution in [0, 0.1) is 0 Å². The molecule has 2 rings (SSSR count). The number of benzene rings is 1. The van der Waals surface area contributed by atoms with Crippen LogP contribution in [0.25, 0.3) is 0 Å². The normalized spacial score (nSPS) is 11.8. The van der Waals surface area contributed by atoms with Gasteiger partial charge in [-0.2, -0.15) is 0 Å². The summed E-state index contributed by atoms with van der Waals surface area (Å²) in [4.78, 5) is 4.13. The Kier molecular flexibility index (Phi) is 5.37. The summed E-state index contributed by atoms with van der Waals surface area (Å²) in [7, 11) is -3.63. The monoisotopic (exact) mass is 389 g/mol. The quantitative estimate of drug-likeness (QED) is 0.795. The fraction of sp³-hybridized carbons (Fsp3) is 0.308. The maximum atomic E-state index is 12.3. The summed E-state index contributed by atoms with van der Waals surface area (Å²) in [5.74, 6) is 0. The fourth-order valence-electron chi connectivity index (χ4n) is 1.64. The van der Waals surface area contributed by atoms with E-state index in [1.165, 1.54) is 11.3 Å². The van der Waals surface area contributed by atoms with E-state index in [2.05, 4.69) is 44.8 Å². The van der Waals surface area contributed by atoms with Crippen molar-refractivity contribution in [1.29, 1.82) is 0 Å². The molecule has 0 atom stereocenters. The summed E-state index contributed by atoms with van der Waals surface area (Å²) >= 11 is 4.57. The Morgan fingerprint density at radius 2 is 2.14 bits per heavy atom. The van der Waals surface area contributed by atoms with Crippen LogP contribution in [0.4, 0.5) is 5.13 Å². The number of halogens is 1. The molecule has 1 heterocycles. The van der Waals surface area contributed by atoms with E-state index in [4.69, 9.17) is 0 Å². The van der Waals surface area contributed by atoms with Gasteiger partial charge in [0.05, 0.1) is 0 Å². The molecule has 2 aromatic rings. The summed E-state index contributed by atoms with van der Waals surface area (Å²) in [6.07, 6.45) is 1.55. The highest BCUT2D eigenvalue weighted by Gasteiger charge is 2.19. The molecule has 0 saturated heterocycles. The molecule has 21 heavy (non-hydrogen) atoms. The first-order valence-electron chi connectivity index (χ1n) is 6.32. The molecule has 8 heteroatoms. The first kappa shape index (κ1) is 16.4. The lowest BCUT2D eigenvalue weighted by Crippen LogP contribution is -2.22. The molecular formula is C13H16BrN3O2S2. The predicted octanol–water partition coefficient (Wildman–Crippen LogP) is 3.20. The number of nitrogens with zero attached hydrogens (tertiary/aromatic N) is 1. The molecule has 2 N–H and O–H groups in total. The highest BCUT2D eigenvalue weighted by molar-refractivity contribution is 9.10. The van der Waals surface area contributed by atoms with Crippen molar-refractivity contribution in [2.75, 3.05) is 4.72 Å². The van der Waals surface area contributed by atoms with Crippen LogP contribution in [0.15, 0.2) is 39.1 Å². The Morgan fingerprint density at radius 1 is 1.38 bits per heavy atom. The van der Waals surface area contributed by atoms with Crippen molar-refractivity contribution < 1.29 is 8.42 Å². The molecule has 0 radical (unpaired) electrons. The average Bonchev–Trinajstić information content (AvgIpc) is 2.88. The zero-order valence-corrected chi connectivity index (χ0v) is 14.8. The van der Waals surface area contributed by atoms with Crippen molar-refractivity contribution in [2.24, 2.45) is 0 Å². The smallest absolute Gasteiger partial charge is 0.264 e. The molecule has 0 fully saturated rings. The van der Waals surface area contributed by atoms with Crippen LogP contribution in [0.5, 0.6) is 0 Å². The number of nitrogens with one attached hydrogen (secondary N) is 2. The minimum Gasteiger partial charge on any atom is -0.310 e. The molecule has 114 valence electrons. The van der Waals surface area contributed by atoms with E-state index in [0.717, 1.165) is 5.56 Å². The highest BCUT2D eigenvalue weighted by atomic mass is 79.9. The Hall–Kier alpha value is -0.960. The topological polar surface area (TPSA) is 71.1 Å². The number of aromatic nitrogens is 1. The van der Waals surface area contributed by atoms with Crippen molar-refractivity contribution in [3.63, 3.8) is 0 Å². The fourth-order valence-corrected chi connectivity index (χ4v) is 4.55. The van der Waals surface area contributed by atoms with Crippen LogP contribution in [0.1, 0.15) is 19.4 Å². The van der Waals surface area contributed by atoms with Crippen molar-refractivity contribution in [1.82, 2.24) is 10.3 Å². The summed E-state index contributed by atoms with van der Waals surface area (Å²) in [6, 6.07) is 5.58. The first-order valence-corrected chi connectivity index (χ1v) is 9.48. The Morgan fingerprint density at radius 3 is 2.71 bits per heavy atom. The van der Waals surface area contributed by atoms with Gasteiger partial charge in [-0.15, -0.1) is 11.3 Å². The first-order chi connectivity index (χ1) is 9.88. The summed E-state index contributed by atoms with van der Waals surface area (Å²) in [5, 5.41) is 5.36. The van der Waals surface area contributed by atoms with Gasteiger partial charge in [0, 0.05) is 28.6 Å². The van der Waals surface area contributed by atoms with Gasteiger partial charge in [-0.05, 0) is 33.6 Å². The van der Waals surface area contributed by atoms with E-state index in [0.29, 0.717) is 22.2 Å². The van der Waals surface area contributed by atoms with Crippen LogP contribution >= 0.6 is 27.3 Å². The molecule has 0 unspecified atom stereocenters. The SMILES string of the molecule is CC(C)NCc1ccc(S(=O)(=O)Nc2nccs2)c(Br)c1. The van der Waals surface area contributed by atoms with Gasteiger partial charge in [-0.25, -0.2) is 13.4 Å². The maximum absolute atomic E-state index is 12.3. The Bertz CT molecular complexity index is 700. The average molecular weight is 390 g/mol. The maximum Gasteiger partial charge on any atom is 0.264 e. The Balaban J connectivity index is 2.20. The number of rotatable bonds is 6. The van der Waals surface area contributed by atoms with Gasteiger partial charge in [-0.1, -0.05) is 19.9 Å². The zero-order chi connectivity index (χ0) is 15.5. The molecule has 0 aliphatic heterocycles. The summed E-state index contributed by atoms with van der Waals surface area (Å²) in [6.45, 7) is 4.81. The second kappa shape index (κ2) is 6.87. The number of hydrogen-bond donors (Lipinski definition) is 2. The van der Waals surface area contributed by atoms with Gasteiger partial charge >= 0.3 is 0 Å². The minimum atomic E-state index is -3.63. The molecule has 0 saturated carbocycles. The van der Waals surface area contributed by atoms with Gasteiger partial charge in [0.1, 0.15) is 4.90 Å². The second-order valence-electron chi connectivity index (χ2n) is 4.74. The molecule has 5 nitrogen and oxygen atoms in total. The third kappa shape index (κ3) is 4.50. The van der Waals surface area contributed by atoms with Crippen LogP contribution in [0.3, 0.4) is 0 Å². The Labute approximate surface area is 137 Å². The lowest BCUT2D eigenvalue weighted by atomic mass is 10.2. The van der Waals surface area contributed by atoms with Crippen LogP contribution in [0.2, 0.25) is 0 Å². The van der Waals surface area contributed by atoms with Gasteiger partial charge in [0.2, 0.25) is 0 Å². The standard InChI is InChI=1S/C13H16BrN3O2S2/c1-9(2)16-8-10-3-4-12(11(14)7-10)21(18,19)17-13-15-5-6-20-13/h3-7,9,16H,8H2,1-2H3,(H,15,17). The van der Waals surface area contributed by atoms with Gasteiger partial charge in [-0.3, -0.25) is 4.72 Å². The summed E-state index contributed by atoms with van der Waals surface area (Å²) in [5.41, 5.74) is 1.02. The molecule has 0 aliphatic rings. The molecule has 0 spiro atoms. The van der Waals surface area contributed by atoms with E-state index in [9.17, 15) is 8.42 Å². The van der Waals surface area contributed by atoms with Crippen molar-refractivity contribution in [3.05, 3.63) is 39.8 Å². The van der Waals surface area contributed by atoms with Crippen LogP contribution in [-0.2, 0) is 16.6 Å². The predicted molar refractivity (Wildman–Crippen MR) is 89.0 cm³/mol. The minimum absolute atomic E-state index is 0.200. The lowest BCUT2D eigenvalue weighted by Gasteiger charge is -2.11. The van der Waals surface area contributed by atoms with E-state index >= 15 is 0 Å². The van der Waals surface area contributed by atoms with E-state index in [-0.39, 0.29) is 4.90 Å². The van der Waals surface area contributed by atoms with Crippen molar-refractivity contribution in [2.45, 2.75) is 31.3 Å². The molecule has 0 amide bonds. The van der Waals surface area contributed by atoms with E-state index in [1.54, 1.807) is 23.7 Å². The largest absolute Gasteiger partial charge is 0.310 e. The molecular weight excluding hydrogens is 374 g/mol. The molecule has 1 aromatic heterocycles. The molecule has 0 aliphatic carbocycles. The van der Waals surface area contributed by atoms with Crippen molar-refractivity contribution >= 4 is 42.4 Å². The number of anilines is 1. The molecule has 1 aromatic carbocycles. The summed E-state index contributed by atoms with van der Waals surface area (Å²) < 4.78 is 27.6. The third-order valence-electron chi connectivity index (χ3n) is 2.65. The number of hydrogen-bond acceptors (Lipinski definition) is 5. The second-order valence-corrected chi connectivity index (χ2v) is 8.14. The van der Waals surface area contributed by atoms with Crippen LogP contribution in [-0.4, -0.2) is 19.4 Å². The highest BCUT2D eigenvalue weighted by Crippen LogP contribution is 2.26. The van der Waals surface area contributed by atoms with Crippen molar-refractivity contribution in [3.8, 4) is 0 Å². The molecule has 0 bridgehead atoms. The van der Waals surface area contributed by atoms with Gasteiger partial charge < -0.3 is 5.32 Å². The number of sulfonamides is 1.